The Balaban J connectivity index is 2.09. The first-order valence-electron chi connectivity index (χ1n) is 13.3. The molecule has 1 unspecified atom stereocenters. The van der Waals surface area contributed by atoms with E-state index in [1.165, 1.54) is 11.3 Å². The molecule has 11 nitrogen and oxygen atoms in total. The van der Waals surface area contributed by atoms with Gasteiger partial charge in [-0.15, -0.1) is 0 Å². The van der Waals surface area contributed by atoms with Gasteiger partial charge < -0.3 is 28.1 Å². The summed E-state index contributed by atoms with van der Waals surface area (Å²) in [5, 5.41) is 1.41. The highest BCUT2D eigenvalue weighted by atomic mass is 32.1. The second-order valence-electron chi connectivity index (χ2n) is 8.59. The normalized spacial score (nSPS) is 12.9. The summed E-state index contributed by atoms with van der Waals surface area (Å²) in [5.41, 5.74) is 0.870. The first-order valence-corrected chi connectivity index (χ1v) is 17.3. The molecule has 1 heterocycles. The average molecular weight is 627 g/mol. The molecule has 1 aromatic heterocycles. The van der Waals surface area contributed by atoms with Crippen LogP contribution in [0.2, 0.25) is 0 Å². The predicted octanol–water partition coefficient (Wildman–Crippen LogP) is 6.99. The number of rotatable bonds is 17. The van der Waals surface area contributed by atoms with Crippen LogP contribution in [0.5, 0.6) is 5.75 Å². The average Bonchev–Trinajstić information content (AvgIpc) is 3.35. The van der Waals surface area contributed by atoms with Gasteiger partial charge in [-0.3, -0.25) is 18.7 Å². The smallest absolute Gasteiger partial charge is 0.345 e. The highest BCUT2D eigenvalue weighted by molar-refractivity contribution is 7.72. The van der Waals surface area contributed by atoms with Gasteiger partial charge in [-0.2, -0.15) is 0 Å². The number of ether oxygens (including phenoxy) is 1. The maximum absolute atomic E-state index is 14.1. The molecule has 224 valence electrons. The molecule has 41 heavy (non-hydrogen) atoms. The van der Waals surface area contributed by atoms with E-state index in [9.17, 15) is 18.7 Å². The number of thiazole rings is 1. The van der Waals surface area contributed by atoms with Gasteiger partial charge >= 0.3 is 15.2 Å². The van der Waals surface area contributed by atoms with Crippen LogP contribution < -0.4 is 10.1 Å². The standard InChI is InChI=1S/C27H36N2O9P2S/c1-6-35-39(32,36-7-2)24(40(33,37-8-3)38-9-4)18-21(25(30)19-13-11-10-12-14-19)26(31)29-27-28-22-16-15-20(34-5)17-23(22)41-27/h10-17,21,24H,6-9,18H2,1-5H3,(H,28,29,31). The van der Waals surface area contributed by atoms with Crippen molar-refractivity contribution in [2.24, 2.45) is 5.92 Å². The molecule has 3 aromatic rings. The van der Waals surface area contributed by atoms with E-state index in [1.54, 1.807) is 83.3 Å². The highest BCUT2D eigenvalue weighted by Crippen LogP contribution is 2.72. The molecule has 1 atom stereocenters. The number of benzene rings is 2. The Kier molecular flexibility index (Phi) is 12.2. The lowest BCUT2D eigenvalue weighted by molar-refractivity contribution is -0.118. The van der Waals surface area contributed by atoms with Crippen molar-refractivity contribution in [1.82, 2.24) is 4.98 Å². The molecule has 0 aliphatic heterocycles. The van der Waals surface area contributed by atoms with Crippen molar-refractivity contribution in [2.45, 2.75) is 39.5 Å². The van der Waals surface area contributed by atoms with Crippen molar-refractivity contribution < 1.29 is 41.6 Å². The lowest BCUT2D eigenvalue weighted by Crippen LogP contribution is -2.34. The molecule has 0 fully saturated rings. The minimum absolute atomic E-state index is 0.0370. The van der Waals surface area contributed by atoms with Crippen molar-refractivity contribution in [3.05, 3.63) is 54.1 Å². The van der Waals surface area contributed by atoms with E-state index < -0.39 is 44.6 Å². The molecule has 0 aliphatic carbocycles. The third-order valence-electron chi connectivity index (χ3n) is 5.93. The second-order valence-corrected chi connectivity index (χ2v) is 14.5. The number of hydrogen-bond donors (Lipinski definition) is 1. The second kappa shape index (κ2) is 15.2. The van der Waals surface area contributed by atoms with E-state index in [0.29, 0.717) is 11.3 Å². The zero-order valence-corrected chi connectivity index (χ0v) is 26.3. The van der Waals surface area contributed by atoms with Gasteiger partial charge in [0.05, 0.1) is 43.8 Å². The van der Waals surface area contributed by atoms with Crippen molar-refractivity contribution in [3.8, 4) is 5.75 Å². The van der Waals surface area contributed by atoms with Crippen LogP contribution in [0.3, 0.4) is 0 Å². The largest absolute Gasteiger partial charge is 0.497 e. The van der Waals surface area contributed by atoms with Crippen molar-refractivity contribution in [3.63, 3.8) is 0 Å². The zero-order valence-electron chi connectivity index (χ0n) is 23.7. The molecule has 0 saturated heterocycles. The van der Waals surface area contributed by atoms with Gasteiger partial charge in [-0.05, 0) is 52.3 Å². The molecule has 0 bridgehead atoms. The maximum atomic E-state index is 14.1. The van der Waals surface area contributed by atoms with Gasteiger partial charge in [-0.1, -0.05) is 41.7 Å². The first kappa shape index (κ1) is 33.1. The van der Waals surface area contributed by atoms with Gasteiger partial charge in [0.25, 0.3) is 0 Å². The number of ketones is 1. The number of hydrogen-bond acceptors (Lipinski definition) is 11. The number of aromatic nitrogens is 1. The fourth-order valence-electron chi connectivity index (χ4n) is 4.20. The van der Waals surface area contributed by atoms with E-state index in [-0.39, 0.29) is 37.1 Å². The van der Waals surface area contributed by atoms with Crippen LogP contribution in [0.4, 0.5) is 5.13 Å². The number of carbonyl (C=O) groups excluding carboxylic acids is 2. The van der Waals surface area contributed by atoms with Gasteiger partial charge in [-0.25, -0.2) is 4.98 Å². The summed E-state index contributed by atoms with van der Waals surface area (Å²) >= 11 is 1.20. The van der Waals surface area contributed by atoms with Gasteiger partial charge in [0, 0.05) is 5.56 Å². The molecule has 2 aromatic carbocycles. The quantitative estimate of drug-likeness (QED) is 0.0947. The lowest BCUT2D eigenvalue weighted by atomic mass is 9.94. The number of Topliss-reactive ketones (excluding diaryl/α,β-unsaturated/α-hetero) is 1. The third kappa shape index (κ3) is 8.11. The Labute approximate surface area is 244 Å². The molecule has 0 radical (unpaired) electrons. The van der Waals surface area contributed by atoms with Crippen molar-refractivity contribution in [1.29, 1.82) is 0 Å². The van der Waals surface area contributed by atoms with E-state index in [0.717, 1.165) is 4.70 Å². The summed E-state index contributed by atoms with van der Waals surface area (Å²) in [7, 11) is -6.90. The minimum atomic E-state index is -4.22. The number of amides is 1. The third-order valence-corrected chi connectivity index (χ3v) is 12.9. The van der Waals surface area contributed by atoms with Crippen LogP contribution >= 0.6 is 26.5 Å². The van der Waals surface area contributed by atoms with Crippen LogP contribution in [-0.2, 0) is 32.0 Å². The highest BCUT2D eigenvalue weighted by Gasteiger charge is 2.53. The van der Waals surface area contributed by atoms with E-state index >= 15 is 0 Å². The Bertz CT molecular complexity index is 1370. The van der Waals surface area contributed by atoms with Crippen molar-refractivity contribution >= 4 is 53.6 Å². The minimum Gasteiger partial charge on any atom is -0.497 e. The van der Waals surface area contributed by atoms with Crippen molar-refractivity contribution in [2.75, 3.05) is 38.9 Å². The number of carbonyl (C=O) groups is 2. The summed E-state index contributed by atoms with van der Waals surface area (Å²) in [6, 6.07) is 13.5. The van der Waals surface area contributed by atoms with Crippen LogP contribution in [0.15, 0.2) is 48.5 Å². The Morgan fingerprint density at radius 3 is 1.95 bits per heavy atom. The predicted molar refractivity (Wildman–Crippen MR) is 159 cm³/mol. The summed E-state index contributed by atoms with van der Waals surface area (Å²) in [4.78, 5) is 32.1. The number of nitrogens with one attached hydrogen (secondary N) is 1. The molecular formula is C27H36N2O9P2S. The van der Waals surface area contributed by atoms with Crippen LogP contribution in [0, 0.1) is 5.92 Å². The van der Waals surface area contributed by atoms with E-state index in [1.807, 2.05) is 0 Å². The molecule has 14 heteroatoms. The van der Waals surface area contributed by atoms with Crippen LogP contribution in [0.25, 0.3) is 10.2 Å². The van der Waals surface area contributed by atoms with Gasteiger partial charge in [0.1, 0.15) is 11.7 Å². The maximum Gasteiger partial charge on any atom is 0.345 e. The van der Waals surface area contributed by atoms with Crippen LogP contribution in [0.1, 0.15) is 44.5 Å². The molecule has 1 amide bonds. The Hall–Kier alpha value is -2.43. The number of anilines is 1. The van der Waals surface area contributed by atoms with E-state index in [4.69, 9.17) is 22.8 Å². The molecular weight excluding hydrogens is 590 g/mol. The number of nitrogens with zero attached hydrogens (tertiary/aromatic N) is 1. The fourth-order valence-corrected chi connectivity index (χ4v) is 10.5. The monoisotopic (exact) mass is 626 g/mol. The zero-order chi connectivity index (χ0) is 30.0. The molecule has 3 rings (SSSR count). The van der Waals surface area contributed by atoms with E-state index in [2.05, 4.69) is 10.3 Å². The number of methoxy groups -OCH3 is 1. The fraction of sp³-hybridized carbons (Fsp3) is 0.444. The summed E-state index contributed by atoms with van der Waals surface area (Å²) < 4.78 is 56.5. The topological polar surface area (TPSA) is 139 Å². The Morgan fingerprint density at radius 1 is 0.878 bits per heavy atom. The summed E-state index contributed by atoms with van der Waals surface area (Å²) in [5.74, 6) is -2.14. The van der Waals surface area contributed by atoms with Gasteiger partial charge in [0.15, 0.2) is 16.3 Å². The number of fused-ring (bicyclic) bond motifs is 1. The summed E-state index contributed by atoms with van der Waals surface area (Å²) in [6.07, 6.45) is -0.493. The molecule has 0 spiro atoms. The molecule has 1 N–H and O–H groups in total. The Morgan fingerprint density at radius 2 is 1.44 bits per heavy atom. The van der Waals surface area contributed by atoms with Gasteiger partial charge in [0.2, 0.25) is 5.91 Å². The lowest BCUT2D eigenvalue weighted by Gasteiger charge is -2.32. The van der Waals surface area contributed by atoms with Crippen LogP contribution in [-0.4, -0.2) is 55.6 Å². The molecule has 0 aliphatic rings. The first-order chi connectivity index (χ1) is 19.6. The SMILES string of the molecule is CCOP(=O)(OCC)C(CC(C(=O)Nc1nc2ccc(OC)cc2s1)C(=O)c1ccccc1)P(=O)(OCC)OCC. The summed E-state index contributed by atoms with van der Waals surface area (Å²) in [6.45, 7) is 6.28. The molecule has 0 saturated carbocycles.